The number of ether oxygens (including phenoxy) is 3. The van der Waals surface area contributed by atoms with E-state index in [0.29, 0.717) is 5.75 Å². The molecule has 0 bridgehead atoms. The standard InChI is InChI=1S/C29H28N2O7/c1-36-22-14-12-21(13-15-22)29(19-8-4-2-5-9-19,20-10-6-3-7-11-20)37-18-23-25(33)26(34)27(38-23)31-17-16-24(32)30-28(31)35/h2-17,23,25-27,33-34H,18H2,1H3,(H,30,32,35)/t23-,25+,26+,27-/m1/s1. The number of benzene rings is 3. The zero-order valence-corrected chi connectivity index (χ0v) is 20.6. The highest BCUT2D eigenvalue weighted by molar-refractivity contribution is 5.48. The quantitative estimate of drug-likeness (QED) is 0.307. The molecule has 9 nitrogen and oxygen atoms in total. The molecule has 38 heavy (non-hydrogen) atoms. The minimum Gasteiger partial charge on any atom is -0.497 e. The van der Waals surface area contributed by atoms with Crippen LogP contribution in [-0.4, -0.2) is 51.8 Å². The highest BCUT2D eigenvalue weighted by Gasteiger charge is 2.46. The molecule has 1 aromatic heterocycles. The van der Waals surface area contributed by atoms with Crippen molar-refractivity contribution in [2.75, 3.05) is 13.7 Å². The van der Waals surface area contributed by atoms with Crippen molar-refractivity contribution in [1.29, 1.82) is 0 Å². The van der Waals surface area contributed by atoms with E-state index in [2.05, 4.69) is 4.98 Å². The predicted molar refractivity (Wildman–Crippen MR) is 139 cm³/mol. The first-order valence-electron chi connectivity index (χ1n) is 12.2. The van der Waals surface area contributed by atoms with Gasteiger partial charge in [0.1, 0.15) is 29.7 Å². The van der Waals surface area contributed by atoms with E-state index >= 15 is 0 Å². The van der Waals surface area contributed by atoms with E-state index in [1.807, 2.05) is 84.9 Å². The molecular formula is C29H28N2O7. The number of aromatic nitrogens is 2. The summed E-state index contributed by atoms with van der Waals surface area (Å²) in [5.41, 5.74) is 0.0776. The Morgan fingerprint density at radius 1 is 0.842 bits per heavy atom. The summed E-state index contributed by atoms with van der Waals surface area (Å²) in [6.45, 7) is -0.122. The molecule has 9 heteroatoms. The van der Waals surface area contributed by atoms with Gasteiger partial charge in [-0.05, 0) is 28.8 Å². The number of aliphatic hydroxyl groups excluding tert-OH is 2. The van der Waals surface area contributed by atoms with Crippen molar-refractivity contribution in [2.24, 2.45) is 0 Å². The number of hydrogen-bond donors (Lipinski definition) is 3. The molecule has 0 amide bonds. The second kappa shape index (κ2) is 10.8. The number of aromatic amines is 1. The Labute approximate surface area is 218 Å². The molecule has 3 N–H and O–H groups in total. The van der Waals surface area contributed by atoms with Crippen LogP contribution in [0.4, 0.5) is 0 Å². The molecule has 196 valence electrons. The summed E-state index contributed by atoms with van der Waals surface area (Å²) >= 11 is 0. The molecule has 0 saturated carbocycles. The summed E-state index contributed by atoms with van der Waals surface area (Å²) in [6, 6.07) is 28.0. The van der Waals surface area contributed by atoms with Crippen LogP contribution in [0.5, 0.6) is 5.75 Å². The van der Waals surface area contributed by atoms with Crippen LogP contribution in [0.15, 0.2) is 107 Å². The summed E-state index contributed by atoms with van der Waals surface area (Å²) in [5, 5.41) is 21.6. The lowest BCUT2D eigenvalue weighted by Crippen LogP contribution is -2.40. The third kappa shape index (κ3) is 4.68. The van der Waals surface area contributed by atoms with Gasteiger partial charge < -0.3 is 24.4 Å². The zero-order valence-electron chi connectivity index (χ0n) is 20.6. The van der Waals surface area contributed by atoms with Gasteiger partial charge in [0.25, 0.3) is 5.56 Å². The van der Waals surface area contributed by atoms with Crippen LogP contribution in [0.3, 0.4) is 0 Å². The Kier molecular flexibility index (Phi) is 7.26. The van der Waals surface area contributed by atoms with Crippen LogP contribution in [0.2, 0.25) is 0 Å². The minimum absolute atomic E-state index is 0.122. The SMILES string of the molecule is COc1ccc(C(OC[C@H]2O[C@@H](n3ccc(=O)[nH]c3=O)[C@@H](O)[C@H]2O)(c2ccccc2)c2ccccc2)cc1. The molecular weight excluding hydrogens is 488 g/mol. The molecule has 2 heterocycles. The van der Waals surface area contributed by atoms with E-state index in [1.54, 1.807) is 7.11 Å². The van der Waals surface area contributed by atoms with E-state index in [9.17, 15) is 19.8 Å². The van der Waals surface area contributed by atoms with E-state index in [-0.39, 0.29) is 6.61 Å². The van der Waals surface area contributed by atoms with E-state index in [4.69, 9.17) is 14.2 Å². The first-order chi connectivity index (χ1) is 18.4. The number of nitrogens with one attached hydrogen (secondary N) is 1. The number of aliphatic hydroxyl groups is 2. The van der Waals surface area contributed by atoms with Crippen molar-refractivity contribution in [3.05, 3.63) is 135 Å². The molecule has 0 aliphatic carbocycles. The van der Waals surface area contributed by atoms with Crippen molar-refractivity contribution in [1.82, 2.24) is 9.55 Å². The molecule has 4 aromatic rings. The van der Waals surface area contributed by atoms with Gasteiger partial charge in [0.15, 0.2) is 6.23 Å². The second-order valence-electron chi connectivity index (χ2n) is 9.02. The molecule has 1 saturated heterocycles. The first kappa shape index (κ1) is 25.6. The summed E-state index contributed by atoms with van der Waals surface area (Å²) in [6.07, 6.45) is -3.72. The Balaban J connectivity index is 1.54. The maximum atomic E-state index is 12.3. The summed E-state index contributed by atoms with van der Waals surface area (Å²) in [5.74, 6) is 0.690. The summed E-state index contributed by atoms with van der Waals surface area (Å²) in [4.78, 5) is 25.9. The van der Waals surface area contributed by atoms with E-state index in [0.717, 1.165) is 27.3 Å². The molecule has 3 aromatic carbocycles. The van der Waals surface area contributed by atoms with Gasteiger partial charge in [0, 0.05) is 12.3 Å². The van der Waals surface area contributed by atoms with Crippen molar-refractivity contribution in [3.63, 3.8) is 0 Å². The van der Waals surface area contributed by atoms with Crippen LogP contribution in [0, 0.1) is 0 Å². The number of rotatable bonds is 8. The average molecular weight is 517 g/mol. The maximum Gasteiger partial charge on any atom is 0.330 e. The Bertz CT molecular complexity index is 1430. The lowest BCUT2D eigenvalue weighted by Gasteiger charge is -2.37. The minimum atomic E-state index is -1.42. The molecule has 1 aliphatic rings. The fourth-order valence-electron chi connectivity index (χ4n) is 4.85. The molecule has 1 aliphatic heterocycles. The van der Waals surface area contributed by atoms with Crippen LogP contribution in [0.1, 0.15) is 22.9 Å². The molecule has 0 spiro atoms. The molecule has 0 radical (unpaired) electrons. The molecule has 0 unspecified atom stereocenters. The van der Waals surface area contributed by atoms with Crippen molar-refractivity contribution >= 4 is 0 Å². The van der Waals surface area contributed by atoms with Crippen LogP contribution in [0.25, 0.3) is 0 Å². The highest BCUT2D eigenvalue weighted by Crippen LogP contribution is 2.42. The van der Waals surface area contributed by atoms with Crippen LogP contribution >= 0.6 is 0 Å². The van der Waals surface area contributed by atoms with Gasteiger partial charge in [-0.2, -0.15) is 0 Å². The number of nitrogens with zero attached hydrogens (tertiary/aromatic N) is 1. The Morgan fingerprint density at radius 2 is 1.42 bits per heavy atom. The first-order valence-corrected chi connectivity index (χ1v) is 12.2. The largest absolute Gasteiger partial charge is 0.497 e. The second-order valence-corrected chi connectivity index (χ2v) is 9.02. The predicted octanol–water partition coefficient (Wildman–Crippen LogP) is 2.17. The van der Waals surface area contributed by atoms with Gasteiger partial charge in [-0.25, -0.2) is 4.79 Å². The van der Waals surface area contributed by atoms with Crippen LogP contribution in [-0.2, 0) is 15.1 Å². The monoisotopic (exact) mass is 516 g/mol. The number of hydrogen-bond acceptors (Lipinski definition) is 7. The summed E-state index contributed by atoms with van der Waals surface area (Å²) < 4.78 is 19.0. The van der Waals surface area contributed by atoms with Crippen molar-refractivity contribution in [3.8, 4) is 5.75 Å². The normalized spacial score (nSPS) is 21.3. The van der Waals surface area contributed by atoms with Gasteiger partial charge in [-0.1, -0.05) is 72.8 Å². The van der Waals surface area contributed by atoms with Gasteiger partial charge in [0.2, 0.25) is 0 Å². The Hall–Kier alpha value is -4.02. The van der Waals surface area contributed by atoms with Crippen molar-refractivity contribution < 1.29 is 24.4 Å². The lowest BCUT2D eigenvalue weighted by atomic mass is 9.80. The molecule has 1 fully saturated rings. The van der Waals surface area contributed by atoms with Gasteiger partial charge in [-0.3, -0.25) is 14.3 Å². The number of H-pyrrole nitrogens is 1. The maximum absolute atomic E-state index is 12.3. The average Bonchev–Trinajstić information content (AvgIpc) is 3.23. The Morgan fingerprint density at radius 3 is 1.97 bits per heavy atom. The zero-order chi connectivity index (χ0) is 26.7. The molecule has 4 atom stereocenters. The summed E-state index contributed by atoms with van der Waals surface area (Å²) in [7, 11) is 1.60. The van der Waals surface area contributed by atoms with E-state index < -0.39 is 41.4 Å². The third-order valence-electron chi connectivity index (χ3n) is 6.78. The van der Waals surface area contributed by atoms with Gasteiger partial charge in [-0.15, -0.1) is 0 Å². The lowest BCUT2D eigenvalue weighted by molar-refractivity contribution is -0.0958. The fourth-order valence-corrected chi connectivity index (χ4v) is 4.85. The van der Waals surface area contributed by atoms with Gasteiger partial charge in [0.05, 0.1) is 13.7 Å². The fraction of sp³-hybridized carbons (Fsp3) is 0.241. The smallest absolute Gasteiger partial charge is 0.330 e. The third-order valence-corrected chi connectivity index (χ3v) is 6.78. The van der Waals surface area contributed by atoms with Gasteiger partial charge >= 0.3 is 5.69 Å². The highest BCUT2D eigenvalue weighted by atomic mass is 16.6. The molecule has 5 rings (SSSR count). The topological polar surface area (TPSA) is 123 Å². The van der Waals surface area contributed by atoms with E-state index in [1.165, 1.54) is 6.20 Å². The van der Waals surface area contributed by atoms with Crippen LogP contribution < -0.4 is 16.0 Å². The van der Waals surface area contributed by atoms with Crippen molar-refractivity contribution in [2.45, 2.75) is 30.1 Å². The number of methoxy groups -OCH3 is 1.